The van der Waals surface area contributed by atoms with Crippen LogP contribution in [0.25, 0.3) is 0 Å². The summed E-state index contributed by atoms with van der Waals surface area (Å²) in [7, 11) is 0. The molecular weight excluding hydrogens is 412 g/mol. The van der Waals surface area contributed by atoms with E-state index >= 15 is 0 Å². The Hall–Kier alpha value is -2.52. The van der Waals surface area contributed by atoms with Gasteiger partial charge in [0.1, 0.15) is 12.6 Å². The number of carbonyl (C=O) groups excluding carboxylic acids is 2. The van der Waals surface area contributed by atoms with Gasteiger partial charge >= 0.3 is 12.2 Å². The van der Waals surface area contributed by atoms with Crippen molar-refractivity contribution in [2.45, 2.75) is 25.5 Å². The first-order valence-corrected chi connectivity index (χ1v) is 9.99. The maximum Gasteiger partial charge on any atom is 0.408 e. The SMILES string of the molecule is Cl.O=C(NC(C(=O)N1CCN(C(=O)O)CC1)C1CCNCC1)OCc1ccccc1. The molecular formula is C20H29ClN4O5. The zero-order valence-corrected chi connectivity index (χ0v) is 17.6. The number of nitrogens with zero attached hydrogens (tertiary/aromatic N) is 2. The Labute approximate surface area is 182 Å². The molecule has 3 rings (SSSR count). The molecule has 9 nitrogen and oxygen atoms in total. The largest absolute Gasteiger partial charge is 0.465 e. The summed E-state index contributed by atoms with van der Waals surface area (Å²) in [5.41, 5.74) is 0.872. The van der Waals surface area contributed by atoms with Crippen molar-refractivity contribution in [2.75, 3.05) is 39.3 Å². The molecule has 2 fully saturated rings. The molecule has 2 aliphatic heterocycles. The van der Waals surface area contributed by atoms with Gasteiger partial charge in [-0.05, 0) is 37.4 Å². The fourth-order valence-electron chi connectivity index (χ4n) is 3.77. The fraction of sp³-hybridized carbons (Fsp3) is 0.550. The number of piperazine rings is 1. The van der Waals surface area contributed by atoms with Crippen molar-refractivity contribution in [3.63, 3.8) is 0 Å². The van der Waals surface area contributed by atoms with E-state index in [9.17, 15) is 14.4 Å². The number of piperidine rings is 1. The highest BCUT2D eigenvalue weighted by molar-refractivity contribution is 5.86. The van der Waals surface area contributed by atoms with Crippen molar-refractivity contribution in [3.05, 3.63) is 35.9 Å². The zero-order chi connectivity index (χ0) is 20.6. The van der Waals surface area contributed by atoms with Crippen LogP contribution in [0.1, 0.15) is 18.4 Å². The molecule has 0 radical (unpaired) electrons. The third kappa shape index (κ3) is 6.50. The third-order valence-electron chi connectivity index (χ3n) is 5.47. The molecule has 10 heteroatoms. The minimum Gasteiger partial charge on any atom is -0.465 e. The third-order valence-corrected chi connectivity index (χ3v) is 5.47. The number of ether oxygens (including phenoxy) is 1. The molecule has 30 heavy (non-hydrogen) atoms. The summed E-state index contributed by atoms with van der Waals surface area (Å²) in [5, 5.41) is 15.1. The summed E-state index contributed by atoms with van der Waals surface area (Å²) in [6, 6.07) is 8.69. The molecule has 0 aromatic heterocycles. The average molecular weight is 441 g/mol. The predicted molar refractivity (Wildman–Crippen MR) is 113 cm³/mol. The van der Waals surface area contributed by atoms with Crippen molar-refractivity contribution < 1.29 is 24.2 Å². The topological polar surface area (TPSA) is 111 Å². The number of carboxylic acid groups (broad SMARTS) is 1. The van der Waals surface area contributed by atoms with E-state index < -0.39 is 18.2 Å². The molecule has 1 aromatic rings. The Morgan fingerprint density at radius 3 is 2.27 bits per heavy atom. The lowest BCUT2D eigenvalue weighted by Gasteiger charge is -2.38. The lowest BCUT2D eigenvalue weighted by atomic mass is 9.89. The zero-order valence-electron chi connectivity index (χ0n) is 16.8. The summed E-state index contributed by atoms with van der Waals surface area (Å²) in [6.45, 7) is 2.93. The summed E-state index contributed by atoms with van der Waals surface area (Å²) in [6.07, 6.45) is -0.0286. The van der Waals surface area contributed by atoms with Crippen LogP contribution in [0.15, 0.2) is 30.3 Å². The van der Waals surface area contributed by atoms with Gasteiger partial charge in [0.25, 0.3) is 0 Å². The molecule has 0 saturated carbocycles. The number of rotatable bonds is 5. The second kappa shape index (κ2) is 11.6. The highest BCUT2D eigenvalue weighted by Crippen LogP contribution is 2.19. The molecule has 0 bridgehead atoms. The second-order valence-electron chi connectivity index (χ2n) is 7.37. The minimum absolute atomic E-state index is 0. The van der Waals surface area contributed by atoms with Gasteiger partial charge in [-0.15, -0.1) is 12.4 Å². The molecule has 0 spiro atoms. The van der Waals surface area contributed by atoms with Gasteiger partial charge in [-0.3, -0.25) is 4.79 Å². The van der Waals surface area contributed by atoms with Gasteiger partial charge in [0.15, 0.2) is 0 Å². The van der Waals surface area contributed by atoms with E-state index in [0.717, 1.165) is 31.5 Å². The Balaban J connectivity index is 0.00000320. The van der Waals surface area contributed by atoms with E-state index in [-0.39, 0.29) is 43.9 Å². The normalized spacial score (nSPS) is 18.1. The number of hydrogen-bond acceptors (Lipinski definition) is 5. The number of carbonyl (C=O) groups is 3. The van der Waals surface area contributed by atoms with Crippen LogP contribution >= 0.6 is 12.4 Å². The van der Waals surface area contributed by atoms with Crippen LogP contribution in [0.3, 0.4) is 0 Å². The predicted octanol–water partition coefficient (Wildman–Crippen LogP) is 1.53. The molecule has 166 valence electrons. The molecule has 3 N–H and O–H groups in total. The second-order valence-corrected chi connectivity index (χ2v) is 7.37. The van der Waals surface area contributed by atoms with Crippen LogP contribution in [-0.2, 0) is 16.1 Å². The van der Waals surface area contributed by atoms with Crippen molar-refractivity contribution in [1.29, 1.82) is 0 Å². The summed E-state index contributed by atoms with van der Waals surface area (Å²) >= 11 is 0. The van der Waals surface area contributed by atoms with Gasteiger partial charge in [-0.1, -0.05) is 30.3 Å². The van der Waals surface area contributed by atoms with Crippen LogP contribution < -0.4 is 10.6 Å². The maximum absolute atomic E-state index is 13.2. The Morgan fingerprint density at radius 2 is 1.67 bits per heavy atom. The molecule has 2 heterocycles. The number of hydrogen-bond donors (Lipinski definition) is 3. The molecule has 2 aliphatic rings. The van der Waals surface area contributed by atoms with Gasteiger partial charge in [-0.25, -0.2) is 9.59 Å². The Bertz CT molecular complexity index is 706. The number of halogens is 1. The highest BCUT2D eigenvalue weighted by atomic mass is 35.5. The first kappa shape index (κ1) is 23.8. The monoisotopic (exact) mass is 440 g/mol. The Morgan fingerprint density at radius 1 is 1.07 bits per heavy atom. The lowest BCUT2D eigenvalue weighted by Crippen LogP contribution is -2.58. The van der Waals surface area contributed by atoms with Gasteiger partial charge in [-0.2, -0.15) is 0 Å². The van der Waals surface area contributed by atoms with Gasteiger partial charge in [0.05, 0.1) is 0 Å². The summed E-state index contributed by atoms with van der Waals surface area (Å²) in [4.78, 5) is 39.6. The van der Waals surface area contributed by atoms with Crippen LogP contribution in [0, 0.1) is 5.92 Å². The maximum atomic E-state index is 13.2. The standard InChI is InChI=1S/C20H28N4O5.ClH/c25-18(23-10-12-24(13-11-23)20(27)28)17(16-6-8-21-9-7-16)22-19(26)29-14-15-4-2-1-3-5-15;/h1-5,16-17,21H,6-14H2,(H,22,26)(H,27,28);1H. The van der Waals surface area contributed by atoms with Crippen LogP contribution in [0.2, 0.25) is 0 Å². The number of benzene rings is 1. The van der Waals surface area contributed by atoms with E-state index in [4.69, 9.17) is 9.84 Å². The van der Waals surface area contributed by atoms with E-state index in [1.165, 1.54) is 4.90 Å². The van der Waals surface area contributed by atoms with E-state index in [1.807, 2.05) is 30.3 Å². The van der Waals surface area contributed by atoms with Gasteiger partial charge in [0, 0.05) is 26.2 Å². The summed E-state index contributed by atoms with van der Waals surface area (Å²) < 4.78 is 5.31. The smallest absolute Gasteiger partial charge is 0.408 e. The molecule has 3 amide bonds. The molecule has 0 aliphatic carbocycles. The average Bonchev–Trinajstić information content (AvgIpc) is 2.77. The highest BCUT2D eigenvalue weighted by Gasteiger charge is 2.35. The number of nitrogens with one attached hydrogen (secondary N) is 2. The van der Waals surface area contributed by atoms with Crippen LogP contribution in [-0.4, -0.2) is 78.3 Å². The molecule has 1 atom stereocenters. The molecule has 1 aromatic carbocycles. The first-order valence-electron chi connectivity index (χ1n) is 9.99. The van der Waals surface area contributed by atoms with Crippen molar-refractivity contribution in [3.8, 4) is 0 Å². The lowest BCUT2D eigenvalue weighted by molar-refractivity contribution is -0.136. The fourth-order valence-corrected chi connectivity index (χ4v) is 3.77. The molecule has 2 saturated heterocycles. The van der Waals surface area contributed by atoms with Gasteiger partial charge < -0.3 is 30.3 Å². The minimum atomic E-state index is -0.977. The van der Waals surface area contributed by atoms with Crippen molar-refractivity contribution in [2.24, 2.45) is 5.92 Å². The van der Waals surface area contributed by atoms with Crippen LogP contribution in [0.4, 0.5) is 9.59 Å². The van der Waals surface area contributed by atoms with E-state index in [2.05, 4.69) is 10.6 Å². The number of amides is 3. The van der Waals surface area contributed by atoms with Gasteiger partial charge in [0.2, 0.25) is 5.91 Å². The van der Waals surface area contributed by atoms with Crippen molar-refractivity contribution >= 4 is 30.5 Å². The van der Waals surface area contributed by atoms with E-state index in [0.29, 0.717) is 13.1 Å². The first-order chi connectivity index (χ1) is 14.0. The van der Waals surface area contributed by atoms with Crippen LogP contribution in [0.5, 0.6) is 0 Å². The van der Waals surface area contributed by atoms with Crippen molar-refractivity contribution in [1.82, 2.24) is 20.4 Å². The quantitative estimate of drug-likeness (QED) is 0.640. The molecule has 1 unspecified atom stereocenters. The van der Waals surface area contributed by atoms with E-state index in [1.54, 1.807) is 4.90 Å². The number of alkyl carbamates (subject to hydrolysis) is 1. The Kier molecular flexibility index (Phi) is 9.19. The summed E-state index contributed by atoms with van der Waals surface area (Å²) in [5.74, 6) is -0.149.